The molecule has 0 bridgehead atoms. The molecule has 0 unspecified atom stereocenters. The number of nitrogens with one attached hydrogen (secondary N) is 1. The average molecular weight is 363 g/mol. The number of thiazole rings is 1. The van der Waals surface area contributed by atoms with Gasteiger partial charge < -0.3 is 14.6 Å². The Morgan fingerprint density at radius 1 is 1.25 bits per heavy atom. The molecular formula is C17H22N4OS2. The fraction of sp³-hybridized carbons (Fsp3) is 0.412. The van der Waals surface area contributed by atoms with E-state index in [0.717, 1.165) is 50.7 Å². The average Bonchev–Trinajstić information content (AvgIpc) is 3.03. The summed E-state index contributed by atoms with van der Waals surface area (Å²) < 4.78 is 7.47. The molecule has 24 heavy (non-hydrogen) atoms. The molecule has 2 aromatic rings. The third-order valence-electron chi connectivity index (χ3n) is 3.86. The zero-order chi connectivity index (χ0) is 16.6. The van der Waals surface area contributed by atoms with Gasteiger partial charge in [-0.2, -0.15) is 4.99 Å². The molecule has 1 N–H and O–H groups in total. The zero-order valence-corrected chi connectivity index (χ0v) is 15.2. The van der Waals surface area contributed by atoms with Gasteiger partial charge in [-0.15, -0.1) is 11.3 Å². The molecule has 5 nitrogen and oxygen atoms in total. The molecular weight excluding hydrogens is 340 g/mol. The van der Waals surface area contributed by atoms with Crippen molar-refractivity contribution in [2.45, 2.75) is 6.54 Å². The predicted molar refractivity (Wildman–Crippen MR) is 101 cm³/mol. The van der Waals surface area contributed by atoms with Crippen LogP contribution in [0.25, 0.3) is 0 Å². The molecule has 0 saturated carbocycles. The van der Waals surface area contributed by atoms with E-state index in [9.17, 15) is 0 Å². The largest absolute Gasteiger partial charge is 0.379 e. The summed E-state index contributed by atoms with van der Waals surface area (Å²) in [5.41, 5.74) is 1.25. The summed E-state index contributed by atoms with van der Waals surface area (Å²) in [6, 6.07) is 10.4. The Morgan fingerprint density at radius 2 is 2.04 bits per heavy atom. The molecule has 128 valence electrons. The first-order valence-electron chi connectivity index (χ1n) is 8.12. The van der Waals surface area contributed by atoms with Crippen LogP contribution in [0.1, 0.15) is 5.56 Å². The van der Waals surface area contributed by atoms with Crippen LogP contribution in [0, 0.1) is 0 Å². The molecule has 1 aliphatic rings. The molecule has 1 aromatic heterocycles. The van der Waals surface area contributed by atoms with E-state index in [-0.39, 0.29) is 0 Å². The van der Waals surface area contributed by atoms with E-state index in [1.165, 1.54) is 5.56 Å². The smallest absolute Gasteiger partial charge is 0.195 e. The Balaban J connectivity index is 1.53. The zero-order valence-electron chi connectivity index (χ0n) is 13.6. The Hall–Kier alpha value is -1.54. The minimum Gasteiger partial charge on any atom is -0.379 e. The van der Waals surface area contributed by atoms with E-state index < -0.39 is 0 Å². The first-order valence-corrected chi connectivity index (χ1v) is 9.40. The molecule has 1 aromatic carbocycles. The summed E-state index contributed by atoms with van der Waals surface area (Å²) in [5.74, 6) is 0. The molecule has 2 heterocycles. The summed E-state index contributed by atoms with van der Waals surface area (Å²) >= 11 is 6.97. The van der Waals surface area contributed by atoms with Crippen LogP contribution in [0.3, 0.4) is 0 Å². The van der Waals surface area contributed by atoms with Gasteiger partial charge in [-0.1, -0.05) is 30.3 Å². The van der Waals surface area contributed by atoms with E-state index in [0.29, 0.717) is 5.11 Å². The fourth-order valence-corrected chi connectivity index (χ4v) is 3.54. The standard InChI is InChI=1S/C17H22N4OS2/c23-16(18-6-7-20-8-11-22-12-9-20)19-17-21(10-13-24-17)14-15-4-2-1-3-5-15/h1-5,10,13H,6-9,11-12,14H2,(H,18,23). The van der Waals surface area contributed by atoms with Crippen LogP contribution >= 0.6 is 23.6 Å². The summed E-state index contributed by atoms with van der Waals surface area (Å²) in [6.45, 7) is 6.22. The van der Waals surface area contributed by atoms with Crippen molar-refractivity contribution in [3.8, 4) is 0 Å². The van der Waals surface area contributed by atoms with Crippen LogP contribution in [0.4, 0.5) is 0 Å². The molecule has 1 saturated heterocycles. The van der Waals surface area contributed by atoms with Crippen molar-refractivity contribution < 1.29 is 4.74 Å². The summed E-state index contributed by atoms with van der Waals surface area (Å²) in [4.78, 5) is 7.85. The maximum atomic E-state index is 5.37. The highest BCUT2D eigenvalue weighted by molar-refractivity contribution is 7.80. The van der Waals surface area contributed by atoms with Gasteiger partial charge >= 0.3 is 0 Å². The first-order chi connectivity index (χ1) is 11.8. The lowest BCUT2D eigenvalue weighted by atomic mass is 10.2. The Labute approximate surface area is 151 Å². The number of ether oxygens (including phenoxy) is 1. The third-order valence-corrected chi connectivity index (χ3v) is 4.89. The maximum absolute atomic E-state index is 5.37. The van der Waals surface area contributed by atoms with Gasteiger partial charge in [-0.3, -0.25) is 4.90 Å². The van der Waals surface area contributed by atoms with Crippen molar-refractivity contribution in [2.75, 3.05) is 39.4 Å². The number of aromatic nitrogens is 1. The second-order valence-corrected chi connectivity index (χ2v) is 6.86. The third kappa shape index (κ3) is 5.24. The molecule has 0 atom stereocenters. The van der Waals surface area contributed by atoms with Crippen LogP contribution in [-0.4, -0.2) is 54.0 Å². The van der Waals surface area contributed by atoms with E-state index in [4.69, 9.17) is 17.0 Å². The van der Waals surface area contributed by atoms with Crippen molar-refractivity contribution in [3.63, 3.8) is 0 Å². The lowest BCUT2D eigenvalue weighted by molar-refractivity contribution is 0.0389. The first kappa shape index (κ1) is 17.3. The van der Waals surface area contributed by atoms with Crippen LogP contribution in [0.15, 0.2) is 46.9 Å². The van der Waals surface area contributed by atoms with E-state index in [2.05, 4.69) is 44.0 Å². The van der Waals surface area contributed by atoms with Crippen molar-refractivity contribution in [1.29, 1.82) is 0 Å². The van der Waals surface area contributed by atoms with Gasteiger partial charge in [-0.25, -0.2) is 0 Å². The Morgan fingerprint density at radius 3 is 2.83 bits per heavy atom. The molecule has 3 rings (SSSR count). The molecule has 0 radical (unpaired) electrons. The summed E-state index contributed by atoms with van der Waals surface area (Å²) in [5, 5.41) is 5.82. The number of nitrogens with zero attached hydrogens (tertiary/aromatic N) is 3. The van der Waals surface area contributed by atoms with Crippen LogP contribution in [-0.2, 0) is 11.3 Å². The second kappa shape index (κ2) is 9.08. The van der Waals surface area contributed by atoms with E-state index >= 15 is 0 Å². The minimum absolute atomic E-state index is 0.549. The fourth-order valence-electron chi connectivity index (χ4n) is 2.56. The van der Waals surface area contributed by atoms with Crippen LogP contribution in [0.2, 0.25) is 0 Å². The van der Waals surface area contributed by atoms with Gasteiger partial charge in [-0.05, 0) is 17.8 Å². The highest BCUT2D eigenvalue weighted by atomic mass is 32.1. The highest BCUT2D eigenvalue weighted by Gasteiger charge is 2.09. The number of benzene rings is 1. The van der Waals surface area contributed by atoms with Gasteiger partial charge in [0.15, 0.2) is 9.91 Å². The Kier molecular flexibility index (Phi) is 6.54. The van der Waals surface area contributed by atoms with Crippen molar-refractivity contribution >= 4 is 28.7 Å². The van der Waals surface area contributed by atoms with E-state index in [1.54, 1.807) is 11.3 Å². The van der Waals surface area contributed by atoms with Gasteiger partial charge in [0, 0.05) is 44.3 Å². The highest BCUT2D eigenvalue weighted by Crippen LogP contribution is 2.02. The van der Waals surface area contributed by atoms with Crippen LogP contribution < -0.4 is 10.1 Å². The van der Waals surface area contributed by atoms with Gasteiger partial charge in [0.1, 0.15) is 0 Å². The second-order valence-electron chi connectivity index (χ2n) is 5.60. The van der Waals surface area contributed by atoms with E-state index in [1.807, 2.05) is 17.6 Å². The quantitative estimate of drug-likeness (QED) is 0.822. The number of hydrogen-bond acceptors (Lipinski definition) is 4. The number of morpholine rings is 1. The number of thiocarbonyl (C=S) groups is 1. The van der Waals surface area contributed by atoms with Gasteiger partial charge in [0.25, 0.3) is 0 Å². The van der Waals surface area contributed by atoms with Crippen molar-refractivity contribution in [3.05, 3.63) is 52.3 Å². The van der Waals surface area contributed by atoms with Gasteiger partial charge in [0.05, 0.1) is 13.2 Å². The van der Waals surface area contributed by atoms with Crippen molar-refractivity contribution in [2.24, 2.45) is 4.99 Å². The van der Waals surface area contributed by atoms with Crippen molar-refractivity contribution in [1.82, 2.24) is 14.8 Å². The Bertz CT molecular complexity index is 705. The van der Waals surface area contributed by atoms with Crippen LogP contribution in [0.5, 0.6) is 0 Å². The monoisotopic (exact) mass is 362 g/mol. The van der Waals surface area contributed by atoms with Gasteiger partial charge in [0.2, 0.25) is 0 Å². The minimum atomic E-state index is 0.549. The molecule has 7 heteroatoms. The molecule has 0 spiro atoms. The number of rotatable bonds is 5. The normalized spacial score (nSPS) is 16.2. The molecule has 0 aliphatic carbocycles. The topological polar surface area (TPSA) is 41.8 Å². The SMILES string of the molecule is S=C(N=c1sccn1Cc1ccccc1)NCCN1CCOCC1. The maximum Gasteiger partial charge on any atom is 0.195 e. The summed E-state index contributed by atoms with van der Waals surface area (Å²) in [6.07, 6.45) is 2.05. The lowest BCUT2D eigenvalue weighted by Gasteiger charge is -2.26. The molecule has 1 aliphatic heterocycles. The lowest BCUT2D eigenvalue weighted by Crippen LogP contribution is -2.41. The molecule has 0 amide bonds. The number of hydrogen-bond donors (Lipinski definition) is 1. The summed E-state index contributed by atoms with van der Waals surface area (Å²) in [7, 11) is 0. The predicted octanol–water partition coefficient (Wildman–Crippen LogP) is 1.71. The molecule has 1 fully saturated rings.